The number of hydrogen-bond acceptors (Lipinski definition) is 9. The third-order valence-electron chi connectivity index (χ3n) is 5.23. The lowest BCUT2D eigenvalue weighted by atomic mass is 9.98. The van der Waals surface area contributed by atoms with Crippen molar-refractivity contribution in [3.05, 3.63) is 52.0 Å². The Morgan fingerprint density at radius 1 is 1.35 bits per heavy atom. The zero-order valence-corrected chi connectivity index (χ0v) is 22.7. The Hall–Kier alpha value is -2.43. The highest BCUT2D eigenvalue weighted by atomic mass is 32.1. The van der Waals surface area contributed by atoms with Crippen LogP contribution in [0.2, 0.25) is 0 Å². The van der Waals surface area contributed by atoms with Crippen LogP contribution in [0.3, 0.4) is 0 Å². The Kier molecular flexibility index (Phi) is 9.42. The molecule has 1 aliphatic heterocycles. The van der Waals surface area contributed by atoms with E-state index in [4.69, 9.17) is 49.4 Å². The van der Waals surface area contributed by atoms with Crippen molar-refractivity contribution in [2.24, 2.45) is 0 Å². The molecule has 200 valence electrons. The molecule has 3 rings (SSSR count). The largest absolute Gasteiger partial charge is 0.462 e. The van der Waals surface area contributed by atoms with Crippen LogP contribution >= 0.6 is 32.2 Å². The first-order valence-electron chi connectivity index (χ1n) is 11.2. The van der Waals surface area contributed by atoms with Gasteiger partial charge in [0.15, 0.2) is 22.8 Å². The Bertz CT molecular complexity index is 1320. The highest BCUT2D eigenvalue weighted by Gasteiger charge is 2.56. The molecule has 2 unspecified atom stereocenters. The van der Waals surface area contributed by atoms with E-state index in [2.05, 4.69) is 16.0 Å². The number of terminal acetylenes is 1. The summed E-state index contributed by atoms with van der Waals surface area (Å²) in [5, 5.41) is 13.2. The molecule has 0 aliphatic carbocycles. The zero-order valence-electron chi connectivity index (χ0n) is 20.2. The molecule has 1 aromatic heterocycles. The van der Waals surface area contributed by atoms with Crippen LogP contribution in [-0.4, -0.2) is 57.3 Å². The SMILES string of the molecule is C#C[C@]1(COP(=O)(N[C@@H](C)C(=O)OC(C)C)Oc2ccccc2)O[C@@H](n2ccc(=S)[nH]c2=S)[C@@H](F)C1O. The first-order valence-corrected chi connectivity index (χ1v) is 13.5. The average molecular weight is 572 g/mol. The van der Waals surface area contributed by atoms with Gasteiger partial charge in [-0.2, -0.15) is 5.09 Å². The topological polar surface area (TPSA) is 124 Å². The maximum absolute atomic E-state index is 15.2. The number of aliphatic hydroxyl groups excluding tert-OH is 1. The van der Waals surface area contributed by atoms with Gasteiger partial charge in [0, 0.05) is 6.20 Å². The Labute approximate surface area is 223 Å². The minimum absolute atomic E-state index is 0.0401. The van der Waals surface area contributed by atoms with Gasteiger partial charge in [-0.3, -0.25) is 13.9 Å². The average Bonchev–Trinajstić information content (AvgIpc) is 3.08. The summed E-state index contributed by atoms with van der Waals surface area (Å²) >= 11 is 10.2. The van der Waals surface area contributed by atoms with E-state index in [9.17, 15) is 14.5 Å². The number of esters is 1. The Morgan fingerprint density at radius 2 is 2.03 bits per heavy atom. The third-order valence-corrected chi connectivity index (χ3v) is 7.40. The fourth-order valence-electron chi connectivity index (χ4n) is 3.40. The fraction of sp³-hybridized carbons (Fsp3) is 0.435. The summed E-state index contributed by atoms with van der Waals surface area (Å²) in [6.07, 6.45) is 1.27. The van der Waals surface area contributed by atoms with Crippen LogP contribution in [-0.2, 0) is 23.4 Å². The Morgan fingerprint density at radius 3 is 2.62 bits per heavy atom. The van der Waals surface area contributed by atoms with Gasteiger partial charge in [-0.25, -0.2) is 8.96 Å². The molecule has 2 heterocycles. The summed E-state index contributed by atoms with van der Waals surface area (Å²) in [6.45, 7) is 3.96. The van der Waals surface area contributed by atoms with Crippen molar-refractivity contribution in [3.8, 4) is 18.1 Å². The Balaban J connectivity index is 1.87. The third kappa shape index (κ3) is 6.91. The normalized spacial score (nSPS) is 25.7. The van der Waals surface area contributed by atoms with Gasteiger partial charge in [0.25, 0.3) is 0 Å². The molecule has 1 aromatic carbocycles. The molecule has 6 atom stereocenters. The number of hydrogen-bond donors (Lipinski definition) is 3. The van der Waals surface area contributed by atoms with Crippen molar-refractivity contribution < 1.29 is 37.4 Å². The second kappa shape index (κ2) is 12.0. The molecule has 1 fully saturated rings. The molecule has 0 saturated carbocycles. The number of benzene rings is 1. The lowest BCUT2D eigenvalue weighted by Crippen LogP contribution is -2.45. The smallest absolute Gasteiger partial charge is 0.459 e. The van der Waals surface area contributed by atoms with E-state index in [1.807, 2.05) is 0 Å². The highest BCUT2D eigenvalue weighted by Crippen LogP contribution is 2.48. The number of para-hydroxylation sites is 1. The van der Waals surface area contributed by atoms with Crippen LogP contribution in [0.15, 0.2) is 42.6 Å². The molecule has 0 spiro atoms. The van der Waals surface area contributed by atoms with E-state index >= 15 is 4.39 Å². The molecule has 37 heavy (non-hydrogen) atoms. The maximum Gasteiger partial charge on any atom is 0.459 e. The van der Waals surface area contributed by atoms with E-state index in [1.165, 1.54) is 35.9 Å². The minimum atomic E-state index is -4.36. The van der Waals surface area contributed by atoms with Gasteiger partial charge in [0.05, 0.1) is 6.10 Å². The molecule has 0 radical (unpaired) electrons. The summed E-state index contributed by atoms with van der Waals surface area (Å²) in [6, 6.07) is 8.35. The number of carbonyl (C=O) groups is 1. The summed E-state index contributed by atoms with van der Waals surface area (Å²) in [5.74, 6) is 1.66. The molecule has 0 bridgehead atoms. The minimum Gasteiger partial charge on any atom is -0.462 e. The lowest BCUT2D eigenvalue weighted by Gasteiger charge is -2.29. The second-order valence-electron chi connectivity index (χ2n) is 8.46. The zero-order chi connectivity index (χ0) is 27.4. The maximum atomic E-state index is 15.2. The van der Waals surface area contributed by atoms with Crippen molar-refractivity contribution in [1.82, 2.24) is 14.6 Å². The summed E-state index contributed by atoms with van der Waals surface area (Å²) in [7, 11) is -4.36. The van der Waals surface area contributed by atoms with E-state index in [1.54, 1.807) is 32.0 Å². The van der Waals surface area contributed by atoms with Gasteiger partial charge in [-0.05, 0) is 51.2 Å². The van der Waals surface area contributed by atoms with E-state index in [0.29, 0.717) is 4.64 Å². The number of aliphatic hydroxyl groups is 1. The van der Waals surface area contributed by atoms with Gasteiger partial charge in [-0.1, -0.05) is 36.3 Å². The molecule has 14 heteroatoms. The fourth-order valence-corrected chi connectivity index (χ4v) is 5.41. The molecule has 1 saturated heterocycles. The summed E-state index contributed by atoms with van der Waals surface area (Å²) in [5.41, 5.74) is -2.08. The van der Waals surface area contributed by atoms with Crippen molar-refractivity contribution in [2.75, 3.05) is 6.61 Å². The van der Waals surface area contributed by atoms with Crippen molar-refractivity contribution in [2.45, 2.75) is 57.0 Å². The molecule has 10 nitrogen and oxygen atoms in total. The standard InChI is InChI=1S/C23H27FN3O7PS2/c1-5-23(19(28)18(24)20(33-23)27-12-11-17(36)25-22(27)37)13-31-35(30,34-16-9-7-6-8-10-16)26-15(4)21(29)32-14(2)3/h1,6-12,14-15,18-20,28H,13H2,2-4H3,(H,26,30)(H,25,36,37)/t15-,18-,19?,20+,23+,35?/m0/s1. The van der Waals surface area contributed by atoms with E-state index < -0.39 is 56.6 Å². The number of aromatic nitrogens is 2. The molecule has 0 amide bonds. The second-order valence-corrected chi connectivity index (χ2v) is 11.0. The summed E-state index contributed by atoms with van der Waals surface area (Å²) in [4.78, 5) is 15.0. The van der Waals surface area contributed by atoms with Crippen LogP contribution in [0.5, 0.6) is 5.75 Å². The number of alkyl halides is 1. The highest BCUT2D eigenvalue weighted by molar-refractivity contribution is 7.72. The predicted octanol–water partition coefficient (Wildman–Crippen LogP) is 4.01. The van der Waals surface area contributed by atoms with Crippen LogP contribution in [0, 0.1) is 21.8 Å². The number of rotatable bonds is 10. The molecule has 1 aliphatic rings. The lowest BCUT2D eigenvalue weighted by molar-refractivity contribution is -0.149. The van der Waals surface area contributed by atoms with Crippen LogP contribution < -0.4 is 9.61 Å². The molecule has 3 N–H and O–H groups in total. The van der Waals surface area contributed by atoms with Gasteiger partial charge in [0.1, 0.15) is 29.1 Å². The number of nitrogens with one attached hydrogen (secondary N) is 2. The van der Waals surface area contributed by atoms with E-state index in [-0.39, 0.29) is 10.5 Å². The number of nitrogens with zero attached hydrogens (tertiary/aromatic N) is 1. The number of ether oxygens (including phenoxy) is 2. The van der Waals surface area contributed by atoms with Crippen LogP contribution in [0.25, 0.3) is 0 Å². The summed E-state index contributed by atoms with van der Waals surface area (Å²) < 4.78 is 52.5. The monoisotopic (exact) mass is 571 g/mol. The van der Waals surface area contributed by atoms with Gasteiger partial charge >= 0.3 is 13.7 Å². The molecule has 2 aromatic rings. The van der Waals surface area contributed by atoms with Crippen molar-refractivity contribution in [3.63, 3.8) is 0 Å². The van der Waals surface area contributed by atoms with E-state index in [0.717, 1.165) is 0 Å². The van der Waals surface area contributed by atoms with Gasteiger partial charge in [-0.15, -0.1) is 6.42 Å². The first-order chi connectivity index (χ1) is 17.4. The number of H-pyrrole nitrogens is 1. The van der Waals surface area contributed by atoms with Gasteiger partial charge in [0.2, 0.25) is 0 Å². The van der Waals surface area contributed by atoms with Crippen LogP contribution in [0.1, 0.15) is 27.0 Å². The predicted molar refractivity (Wildman–Crippen MR) is 137 cm³/mol. The number of halogens is 1. The van der Waals surface area contributed by atoms with Crippen molar-refractivity contribution in [1.29, 1.82) is 0 Å². The van der Waals surface area contributed by atoms with Gasteiger partial charge < -0.3 is 24.1 Å². The number of aromatic amines is 1. The van der Waals surface area contributed by atoms with Crippen molar-refractivity contribution >= 4 is 38.2 Å². The molecular formula is C23H27FN3O7PS2. The molecular weight excluding hydrogens is 544 g/mol. The first kappa shape index (κ1) is 29.1. The quantitative estimate of drug-likeness (QED) is 0.167. The van der Waals surface area contributed by atoms with Crippen LogP contribution in [0.4, 0.5) is 4.39 Å². The number of carbonyl (C=O) groups excluding carboxylic acids is 1.